The topological polar surface area (TPSA) is 40.6 Å². The zero-order valence-electron chi connectivity index (χ0n) is 16.0. The summed E-state index contributed by atoms with van der Waals surface area (Å²) in [6.45, 7) is 6.84. The van der Waals surface area contributed by atoms with Gasteiger partial charge in [0.15, 0.2) is 0 Å². The SMILES string of the molecule is CCOc1ccc(Nc2ccc3ccnc(N4CCN(C)CC4)c3c2)cc1. The van der Waals surface area contributed by atoms with E-state index in [2.05, 4.69) is 46.4 Å². The molecule has 1 fully saturated rings. The van der Waals surface area contributed by atoms with Crippen molar-refractivity contribution in [1.82, 2.24) is 9.88 Å². The number of fused-ring (bicyclic) bond motifs is 1. The first-order valence-electron chi connectivity index (χ1n) is 9.55. The lowest BCUT2D eigenvalue weighted by molar-refractivity contribution is 0.312. The average molecular weight is 362 g/mol. The number of hydrogen-bond donors (Lipinski definition) is 1. The predicted molar refractivity (Wildman–Crippen MR) is 112 cm³/mol. The van der Waals surface area contributed by atoms with Crippen molar-refractivity contribution in [2.45, 2.75) is 6.92 Å². The van der Waals surface area contributed by atoms with Crippen molar-refractivity contribution in [1.29, 1.82) is 0 Å². The van der Waals surface area contributed by atoms with Crippen molar-refractivity contribution in [3.8, 4) is 5.75 Å². The Morgan fingerprint density at radius 2 is 1.70 bits per heavy atom. The fourth-order valence-electron chi connectivity index (χ4n) is 3.47. The average Bonchev–Trinajstić information content (AvgIpc) is 2.70. The predicted octanol–water partition coefficient (Wildman–Crippen LogP) is 4.13. The molecule has 0 aliphatic carbocycles. The van der Waals surface area contributed by atoms with E-state index in [4.69, 9.17) is 9.72 Å². The van der Waals surface area contributed by atoms with Gasteiger partial charge < -0.3 is 19.9 Å². The fraction of sp³-hybridized carbons (Fsp3) is 0.318. The minimum Gasteiger partial charge on any atom is -0.494 e. The molecule has 3 aromatic rings. The quantitative estimate of drug-likeness (QED) is 0.739. The maximum absolute atomic E-state index is 5.51. The van der Waals surface area contributed by atoms with Gasteiger partial charge in [-0.05, 0) is 61.8 Å². The first-order chi connectivity index (χ1) is 13.2. The summed E-state index contributed by atoms with van der Waals surface area (Å²) in [5.74, 6) is 1.97. The number of nitrogens with zero attached hydrogens (tertiary/aromatic N) is 3. The lowest BCUT2D eigenvalue weighted by Gasteiger charge is -2.33. The molecular formula is C22H26N4O. The van der Waals surface area contributed by atoms with Gasteiger partial charge in [0.05, 0.1) is 6.61 Å². The lowest BCUT2D eigenvalue weighted by atomic mass is 10.1. The van der Waals surface area contributed by atoms with Crippen molar-refractivity contribution >= 4 is 28.0 Å². The number of ether oxygens (including phenoxy) is 1. The van der Waals surface area contributed by atoms with E-state index in [-0.39, 0.29) is 0 Å². The first kappa shape index (κ1) is 17.6. The standard InChI is InChI=1S/C22H26N4O/c1-3-27-20-8-6-18(7-9-20)24-19-5-4-17-10-11-23-22(21(17)16-19)26-14-12-25(2)13-15-26/h4-11,16,24H,3,12-15H2,1-2H3. The van der Waals surface area contributed by atoms with Crippen molar-refractivity contribution in [3.05, 3.63) is 54.7 Å². The molecule has 0 atom stereocenters. The molecule has 1 N–H and O–H groups in total. The third kappa shape index (κ3) is 3.98. The number of aromatic nitrogens is 1. The maximum atomic E-state index is 5.51. The highest BCUT2D eigenvalue weighted by Crippen LogP contribution is 2.29. The molecule has 0 unspecified atom stereocenters. The van der Waals surface area contributed by atoms with Crippen LogP contribution in [0.15, 0.2) is 54.7 Å². The highest BCUT2D eigenvalue weighted by molar-refractivity contribution is 5.95. The summed E-state index contributed by atoms with van der Waals surface area (Å²) in [6, 6.07) is 16.6. The third-order valence-electron chi connectivity index (χ3n) is 5.00. The van der Waals surface area contributed by atoms with Crippen molar-refractivity contribution in [2.24, 2.45) is 0 Å². The molecule has 1 aromatic heterocycles. The van der Waals surface area contributed by atoms with Crippen LogP contribution in [0.1, 0.15) is 6.92 Å². The van der Waals surface area contributed by atoms with Gasteiger partial charge in [-0.15, -0.1) is 0 Å². The van der Waals surface area contributed by atoms with Gasteiger partial charge in [-0.1, -0.05) is 6.07 Å². The smallest absolute Gasteiger partial charge is 0.136 e. The van der Waals surface area contributed by atoms with Crippen molar-refractivity contribution in [3.63, 3.8) is 0 Å². The fourth-order valence-corrected chi connectivity index (χ4v) is 3.47. The summed E-state index contributed by atoms with van der Waals surface area (Å²) >= 11 is 0. The highest BCUT2D eigenvalue weighted by Gasteiger charge is 2.17. The van der Waals surface area contributed by atoms with E-state index in [9.17, 15) is 0 Å². The molecule has 0 saturated carbocycles. The van der Waals surface area contributed by atoms with E-state index in [1.165, 1.54) is 10.8 Å². The third-order valence-corrected chi connectivity index (χ3v) is 5.00. The summed E-state index contributed by atoms with van der Waals surface area (Å²) in [4.78, 5) is 9.45. The highest BCUT2D eigenvalue weighted by atomic mass is 16.5. The molecule has 2 heterocycles. The second-order valence-corrected chi connectivity index (χ2v) is 6.94. The molecule has 0 bridgehead atoms. The number of hydrogen-bond acceptors (Lipinski definition) is 5. The molecule has 1 saturated heterocycles. The van der Waals surface area contributed by atoms with Gasteiger partial charge in [0.2, 0.25) is 0 Å². The zero-order valence-corrected chi connectivity index (χ0v) is 16.0. The van der Waals surface area contributed by atoms with Gasteiger partial charge in [-0.2, -0.15) is 0 Å². The summed E-state index contributed by atoms with van der Waals surface area (Å²) in [7, 11) is 2.17. The number of likely N-dealkylation sites (N-methyl/N-ethyl adjacent to an activating group) is 1. The number of anilines is 3. The van der Waals surface area contributed by atoms with Crippen LogP contribution in [-0.4, -0.2) is 49.7 Å². The second kappa shape index (κ2) is 7.84. The van der Waals surface area contributed by atoms with E-state index in [0.29, 0.717) is 6.61 Å². The van der Waals surface area contributed by atoms with Gasteiger partial charge >= 0.3 is 0 Å². The van der Waals surface area contributed by atoms with E-state index < -0.39 is 0 Å². The van der Waals surface area contributed by atoms with E-state index in [1.54, 1.807) is 0 Å². The van der Waals surface area contributed by atoms with Crippen LogP contribution in [0.25, 0.3) is 10.8 Å². The van der Waals surface area contributed by atoms with Crippen LogP contribution in [0.3, 0.4) is 0 Å². The van der Waals surface area contributed by atoms with Gasteiger partial charge in [0.25, 0.3) is 0 Å². The van der Waals surface area contributed by atoms with E-state index in [1.807, 2.05) is 37.4 Å². The monoisotopic (exact) mass is 362 g/mol. The van der Waals surface area contributed by atoms with E-state index >= 15 is 0 Å². The largest absolute Gasteiger partial charge is 0.494 e. The molecule has 27 heavy (non-hydrogen) atoms. The molecule has 0 amide bonds. The normalized spacial score (nSPS) is 15.1. The minimum atomic E-state index is 0.680. The molecule has 2 aromatic carbocycles. The Morgan fingerprint density at radius 1 is 0.963 bits per heavy atom. The van der Waals surface area contributed by atoms with Gasteiger partial charge in [0, 0.05) is 49.1 Å². The number of benzene rings is 2. The second-order valence-electron chi connectivity index (χ2n) is 6.94. The molecule has 5 heteroatoms. The molecular weight excluding hydrogens is 336 g/mol. The van der Waals surface area contributed by atoms with Gasteiger partial charge in [0.1, 0.15) is 11.6 Å². The summed E-state index contributed by atoms with van der Waals surface area (Å²) in [5, 5.41) is 5.90. The first-order valence-corrected chi connectivity index (χ1v) is 9.55. The molecule has 4 rings (SSSR count). The van der Waals surface area contributed by atoms with Gasteiger partial charge in [-0.3, -0.25) is 0 Å². The Bertz CT molecular complexity index is 902. The molecule has 0 radical (unpaired) electrons. The Kier molecular flexibility index (Phi) is 5.12. The summed E-state index contributed by atoms with van der Waals surface area (Å²) < 4.78 is 5.51. The minimum absolute atomic E-state index is 0.680. The molecule has 5 nitrogen and oxygen atoms in total. The number of piperazine rings is 1. The zero-order chi connectivity index (χ0) is 18.6. The lowest BCUT2D eigenvalue weighted by Crippen LogP contribution is -2.44. The van der Waals surface area contributed by atoms with Gasteiger partial charge in [-0.25, -0.2) is 4.98 Å². The Hall–Kier alpha value is -2.79. The number of rotatable bonds is 5. The van der Waals surface area contributed by atoms with Crippen LogP contribution in [0, 0.1) is 0 Å². The summed E-state index contributed by atoms with van der Waals surface area (Å²) in [6.07, 6.45) is 1.91. The van der Waals surface area contributed by atoms with Crippen LogP contribution < -0.4 is 15.0 Å². The van der Waals surface area contributed by atoms with E-state index in [0.717, 1.165) is 49.1 Å². The van der Waals surface area contributed by atoms with Crippen molar-refractivity contribution in [2.75, 3.05) is 50.1 Å². The Labute approximate surface area is 160 Å². The number of pyridine rings is 1. The van der Waals surface area contributed by atoms with Crippen LogP contribution >= 0.6 is 0 Å². The molecule has 140 valence electrons. The van der Waals surface area contributed by atoms with Crippen LogP contribution in [-0.2, 0) is 0 Å². The Balaban J connectivity index is 1.60. The van der Waals surface area contributed by atoms with Crippen molar-refractivity contribution < 1.29 is 4.74 Å². The number of nitrogens with one attached hydrogen (secondary N) is 1. The summed E-state index contributed by atoms with van der Waals surface area (Å²) in [5.41, 5.74) is 2.11. The van der Waals surface area contributed by atoms with Crippen LogP contribution in [0.4, 0.5) is 17.2 Å². The molecule has 1 aliphatic heterocycles. The maximum Gasteiger partial charge on any atom is 0.136 e. The van der Waals surface area contributed by atoms with Crippen LogP contribution in [0.5, 0.6) is 5.75 Å². The Morgan fingerprint density at radius 3 is 2.44 bits per heavy atom. The molecule has 1 aliphatic rings. The van der Waals surface area contributed by atoms with Crippen LogP contribution in [0.2, 0.25) is 0 Å². The molecule has 0 spiro atoms.